The summed E-state index contributed by atoms with van der Waals surface area (Å²) in [4.78, 5) is 11.3. The number of hydrogen-bond donors (Lipinski definition) is 3. The number of nitrogens with two attached hydrogens (primary N) is 2. The monoisotopic (exact) mass is 404 g/mol. The van der Waals surface area contributed by atoms with E-state index in [0.29, 0.717) is 28.1 Å². The Kier molecular flexibility index (Phi) is 6.80. The van der Waals surface area contributed by atoms with Gasteiger partial charge in [0.1, 0.15) is 5.75 Å². The Balaban J connectivity index is 1.72. The zero-order valence-corrected chi connectivity index (χ0v) is 17.3. The molecule has 28 heavy (non-hydrogen) atoms. The maximum atomic E-state index is 6.38. The Morgan fingerprint density at radius 3 is 2.61 bits per heavy atom. The summed E-state index contributed by atoms with van der Waals surface area (Å²) < 4.78 is 5.66. The molecule has 3 rings (SSSR count). The topological polar surface area (TPSA) is 102 Å². The van der Waals surface area contributed by atoms with E-state index in [2.05, 4.69) is 20.2 Å². The lowest BCUT2D eigenvalue weighted by Gasteiger charge is -2.26. The standard InChI is InChI=1S/C20H29ClN6O/c1-13(2)28-14-6-7-16(15(21)12-14)24-20-25-17(18(22)19(23)26-20)8-11-27-9-4-3-5-10-27/h6-7,12-13H,3-5,8-11,22H2,1-2H3,(H3,23,24,25,26). The van der Waals surface area contributed by atoms with Gasteiger partial charge in [0.05, 0.1) is 28.2 Å². The second-order valence-corrected chi connectivity index (χ2v) is 7.79. The third-order valence-electron chi connectivity index (χ3n) is 4.73. The number of nitrogen functional groups attached to an aromatic ring is 2. The van der Waals surface area contributed by atoms with Crippen molar-refractivity contribution in [3.8, 4) is 5.75 Å². The summed E-state index contributed by atoms with van der Waals surface area (Å²) in [7, 11) is 0. The van der Waals surface area contributed by atoms with Crippen LogP contribution in [0.25, 0.3) is 0 Å². The molecular weight excluding hydrogens is 376 g/mol. The number of ether oxygens (including phenoxy) is 1. The quantitative estimate of drug-likeness (QED) is 0.643. The molecule has 1 aliphatic heterocycles. The number of hydrogen-bond acceptors (Lipinski definition) is 7. The van der Waals surface area contributed by atoms with Crippen molar-refractivity contribution in [3.63, 3.8) is 0 Å². The summed E-state index contributed by atoms with van der Waals surface area (Å²) in [6, 6.07) is 5.46. The molecule has 0 spiro atoms. The second-order valence-electron chi connectivity index (χ2n) is 7.38. The molecule has 0 radical (unpaired) electrons. The van der Waals surface area contributed by atoms with Crippen molar-refractivity contribution in [2.45, 2.75) is 45.6 Å². The van der Waals surface area contributed by atoms with Gasteiger partial charge in [-0.3, -0.25) is 0 Å². The molecule has 0 amide bonds. The molecule has 1 saturated heterocycles. The highest BCUT2D eigenvalue weighted by atomic mass is 35.5. The van der Waals surface area contributed by atoms with Gasteiger partial charge in [0, 0.05) is 19.0 Å². The fourth-order valence-corrected chi connectivity index (χ4v) is 3.51. The molecule has 0 saturated carbocycles. The Hall–Kier alpha value is -2.25. The molecule has 1 aliphatic rings. The number of piperidine rings is 1. The van der Waals surface area contributed by atoms with Gasteiger partial charge in [-0.05, 0) is 51.9 Å². The van der Waals surface area contributed by atoms with Crippen LogP contribution in [0.2, 0.25) is 5.02 Å². The normalized spacial score (nSPS) is 15.0. The SMILES string of the molecule is CC(C)Oc1ccc(Nc2nc(N)c(N)c(CCN3CCCCC3)n2)c(Cl)c1. The van der Waals surface area contributed by atoms with Crippen LogP contribution >= 0.6 is 11.6 Å². The van der Waals surface area contributed by atoms with E-state index in [9.17, 15) is 0 Å². The highest BCUT2D eigenvalue weighted by molar-refractivity contribution is 6.33. The molecule has 0 unspecified atom stereocenters. The summed E-state index contributed by atoms with van der Waals surface area (Å²) in [5.41, 5.74) is 14.0. The first-order valence-electron chi connectivity index (χ1n) is 9.80. The van der Waals surface area contributed by atoms with Crippen LogP contribution in [-0.4, -0.2) is 40.6 Å². The molecule has 2 aromatic rings. The predicted molar refractivity (Wildman–Crippen MR) is 115 cm³/mol. The smallest absolute Gasteiger partial charge is 0.229 e. The first-order chi connectivity index (χ1) is 13.4. The molecule has 2 heterocycles. The van der Waals surface area contributed by atoms with E-state index in [1.165, 1.54) is 19.3 Å². The largest absolute Gasteiger partial charge is 0.491 e. The zero-order chi connectivity index (χ0) is 20.1. The Labute approximate surface area is 171 Å². The van der Waals surface area contributed by atoms with E-state index in [4.69, 9.17) is 27.8 Å². The predicted octanol–water partition coefficient (Wildman–Crippen LogP) is 3.85. The van der Waals surface area contributed by atoms with Crippen LogP contribution in [0.3, 0.4) is 0 Å². The highest BCUT2D eigenvalue weighted by Crippen LogP contribution is 2.30. The van der Waals surface area contributed by atoms with Crippen LogP contribution in [0.4, 0.5) is 23.1 Å². The first kappa shape index (κ1) is 20.5. The van der Waals surface area contributed by atoms with Gasteiger partial charge in [0.25, 0.3) is 0 Å². The van der Waals surface area contributed by atoms with Crippen molar-refractivity contribution in [2.24, 2.45) is 0 Å². The number of nitrogens with zero attached hydrogens (tertiary/aromatic N) is 3. The van der Waals surface area contributed by atoms with E-state index in [1.807, 2.05) is 26.0 Å². The molecule has 0 bridgehead atoms. The fourth-order valence-electron chi connectivity index (χ4n) is 3.29. The molecule has 0 atom stereocenters. The van der Waals surface area contributed by atoms with Gasteiger partial charge in [0.15, 0.2) is 5.82 Å². The minimum absolute atomic E-state index is 0.0811. The van der Waals surface area contributed by atoms with Crippen LogP contribution < -0.4 is 21.5 Å². The molecule has 8 heteroatoms. The molecular formula is C20H29ClN6O. The lowest BCUT2D eigenvalue weighted by Crippen LogP contribution is -2.31. The van der Waals surface area contributed by atoms with Gasteiger partial charge >= 0.3 is 0 Å². The third-order valence-corrected chi connectivity index (χ3v) is 5.04. The first-order valence-corrected chi connectivity index (χ1v) is 10.2. The van der Waals surface area contributed by atoms with Gasteiger partial charge in [-0.2, -0.15) is 4.98 Å². The summed E-state index contributed by atoms with van der Waals surface area (Å²) in [6.07, 6.45) is 4.64. The van der Waals surface area contributed by atoms with E-state index >= 15 is 0 Å². The van der Waals surface area contributed by atoms with Crippen LogP contribution in [0.15, 0.2) is 18.2 Å². The molecule has 0 aliphatic carbocycles. The minimum atomic E-state index is 0.0811. The fraction of sp³-hybridized carbons (Fsp3) is 0.500. The van der Waals surface area contributed by atoms with Gasteiger partial charge in [-0.1, -0.05) is 18.0 Å². The zero-order valence-electron chi connectivity index (χ0n) is 16.5. The van der Waals surface area contributed by atoms with Gasteiger partial charge in [-0.15, -0.1) is 0 Å². The van der Waals surface area contributed by atoms with Crippen molar-refractivity contribution in [1.82, 2.24) is 14.9 Å². The number of anilines is 4. The highest BCUT2D eigenvalue weighted by Gasteiger charge is 2.15. The number of rotatable bonds is 7. The molecule has 1 fully saturated rings. The van der Waals surface area contributed by atoms with Gasteiger partial charge < -0.3 is 26.4 Å². The molecule has 7 nitrogen and oxygen atoms in total. The second kappa shape index (κ2) is 9.30. The van der Waals surface area contributed by atoms with Crippen molar-refractivity contribution in [1.29, 1.82) is 0 Å². The van der Waals surface area contributed by atoms with Crippen molar-refractivity contribution < 1.29 is 4.74 Å². The Bertz CT molecular complexity index is 808. The van der Waals surface area contributed by atoms with Crippen molar-refractivity contribution >= 4 is 34.7 Å². The number of nitrogens with one attached hydrogen (secondary N) is 1. The van der Waals surface area contributed by atoms with Crippen LogP contribution in [0.5, 0.6) is 5.75 Å². The van der Waals surface area contributed by atoms with Gasteiger partial charge in [0.2, 0.25) is 5.95 Å². The number of halogens is 1. The maximum Gasteiger partial charge on any atom is 0.229 e. The van der Waals surface area contributed by atoms with E-state index in [1.54, 1.807) is 6.07 Å². The van der Waals surface area contributed by atoms with E-state index in [0.717, 1.165) is 31.7 Å². The summed E-state index contributed by atoms with van der Waals surface area (Å²) in [5.74, 6) is 1.38. The van der Waals surface area contributed by atoms with Gasteiger partial charge in [-0.25, -0.2) is 4.98 Å². The van der Waals surface area contributed by atoms with E-state index in [-0.39, 0.29) is 11.9 Å². The lowest BCUT2D eigenvalue weighted by molar-refractivity contribution is 0.231. The number of benzene rings is 1. The maximum absolute atomic E-state index is 6.38. The van der Waals surface area contributed by atoms with Crippen LogP contribution in [-0.2, 0) is 6.42 Å². The van der Waals surface area contributed by atoms with Crippen LogP contribution in [0, 0.1) is 0 Å². The molecule has 152 valence electrons. The van der Waals surface area contributed by atoms with E-state index < -0.39 is 0 Å². The van der Waals surface area contributed by atoms with Crippen molar-refractivity contribution in [3.05, 3.63) is 28.9 Å². The Morgan fingerprint density at radius 2 is 1.93 bits per heavy atom. The minimum Gasteiger partial charge on any atom is -0.491 e. The average Bonchev–Trinajstić information content (AvgIpc) is 2.66. The molecule has 1 aromatic heterocycles. The third kappa shape index (κ3) is 5.39. The molecule has 5 N–H and O–H groups in total. The Morgan fingerprint density at radius 1 is 1.18 bits per heavy atom. The van der Waals surface area contributed by atoms with Crippen molar-refractivity contribution in [2.75, 3.05) is 36.4 Å². The lowest BCUT2D eigenvalue weighted by atomic mass is 10.1. The number of aromatic nitrogens is 2. The summed E-state index contributed by atoms with van der Waals surface area (Å²) in [5, 5.41) is 3.66. The number of likely N-dealkylation sites (tertiary alicyclic amines) is 1. The molecule has 1 aromatic carbocycles. The van der Waals surface area contributed by atoms with Crippen LogP contribution in [0.1, 0.15) is 38.8 Å². The summed E-state index contributed by atoms with van der Waals surface area (Å²) >= 11 is 6.38. The average molecular weight is 405 g/mol. The summed E-state index contributed by atoms with van der Waals surface area (Å²) in [6.45, 7) is 7.12.